The Morgan fingerprint density at radius 2 is 1.79 bits per heavy atom. The number of anilines is 3. The Kier molecular flexibility index (Phi) is 4.76. The van der Waals surface area contributed by atoms with E-state index in [9.17, 15) is 13.6 Å². The molecule has 2 N–H and O–H groups in total. The van der Waals surface area contributed by atoms with Gasteiger partial charge in [0.05, 0.1) is 11.3 Å². The number of fused-ring (bicyclic) bond motifs is 1. The van der Waals surface area contributed by atoms with Crippen LogP contribution in [0.4, 0.5) is 26.0 Å². The second-order valence-electron chi connectivity index (χ2n) is 5.99. The lowest BCUT2D eigenvalue weighted by molar-refractivity contribution is 0.102. The lowest BCUT2D eigenvalue weighted by Gasteiger charge is -2.19. The van der Waals surface area contributed by atoms with Crippen molar-refractivity contribution in [1.29, 1.82) is 0 Å². The fraction of sp³-hybridized carbons (Fsp3) is 0.100. The normalized spacial score (nSPS) is 12.4. The van der Waals surface area contributed by atoms with Crippen LogP contribution in [0.1, 0.15) is 10.4 Å². The van der Waals surface area contributed by atoms with Gasteiger partial charge in [0.2, 0.25) is 0 Å². The predicted molar refractivity (Wildman–Crippen MR) is 99.3 cm³/mol. The minimum atomic E-state index is -0.849. The summed E-state index contributed by atoms with van der Waals surface area (Å²) < 4.78 is 37.6. The summed E-state index contributed by atoms with van der Waals surface area (Å²) in [6.45, 7) is 1.01. The van der Waals surface area contributed by atoms with Crippen LogP contribution in [0.25, 0.3) is 0 Å². The number of benzene rings is 2. The van der Waals surface area contributed by atoms with Crippen molar-refractivity contribution in [2.45, 2.75) is 0 Å². The number of aromatic nitrogens is 1. The molecule has 1 aromatic heterocycles. The predicted octanol–water partition coefficient (Wildman–Crippen LogP) is 4.13. The fourth-order valence-electron chi connectivity index (χ4n) is 2.66. The van der Waals surface area contributed by atoms with Crippen molar-refractivity contribution < 1.29 is 23.0 Å². The molecule has 0 atom stereocenters. The van der Waals surface area contributed by atoms with E-state index in [1.54, 1.807) is 24.3 Å². The number of hydrogen-bond acceptors (Lipinski definition) is 5. The maximum Gasteiger partial charge on any atom is 0.257 e. The molecule has 0 saturated carbocycles. The summed E-state index contributed by atoms with van der Waals surface area (Å²) in [6, 6.07) is 11.5. The lowest BCUT2D eigenvalue weighted by Crippen LogP contribution is -2.15. The highest BCUT2D eigenvalue weighted by Crippen LogP contribution is 2.33. The summed E-state index contributed by atoms with van der Waals surface area (Å²) in [7, 11) is 0. The van der Waals surface area contributed by atoms with Gasteiger partial charge in [0.1, 0.15) is 30.7 Å². The van der Waals surface area contributed by atoms with Gasteiger partial charge in [-0.1, -0.05) is 0 Å². The molecule has 0 bridgehead atoms. The highest BCUT2D eigenvalue weighted by Gasteiger charge is 2.13. The van der Waals surface area contributed by atoms with Gasteiger partial charge in [0.25, 0.3) is 5.91 Å². The lowest BCUT2D eigenvalue weighted by atomic mass is 10.2. The first-order valence-corrected chi connectivity index (χ1v) is 8.47. The maximum atomic E-state index is 13.7. The van der Waals surface area contributed by atoms with Gasteiger partial charge in [-0.3, -0.25) is 4.79 Å². The fourth-order valence-corrected chi connectivity index (χ4v) is 2.66. The van der Waals surface area contributed by atoms with Crippen LogP contribution in [0.2, 0.25) is 0 Å². The molecule has 1 aliphatic heterocycles. The van der Waals surface area contributed by atoms with Crippen LogP contribution in [0, 0.1) is 11.6 Å². The van der Waals surface area contributed by atoms with Crippen molar-refractivity contribution in [3.05, 3.63) is 71.9 Å². The van der Waals surface area contributed by atoms with Gasteiger partial charge in [-0.25, -0.2) is 13.8 Å². The Labute approximate surface area is 159 Å². The van der Waals surface area contributed by atoms with Gasteiger partial charge in [0.15, 0.2) is 11.5 Å². The Morgan fingerprint density at radius 1 is 0.964 bits per heavy atom. The molecular formula is C20H15F2N3O3. The number of carbonyl (C=O) groups is 1. The number of hydrogen-bond donors (Lipinski definition) is 2. The molecule has 0 radical (unpaired) electrons. The molecule has 4 rings (SSSR count). The van der Waals surface area contributed by atoms with Crippen LogP contribution in [0.5, 0.6) is 11.5 Å². The average Bonchev–Trinajstić information content (AvgIpc) is 2.70. The Bertz CT molecular complexity index is 1030. The topological polar surface area (TPSA) is 72.5 Å². The number of nitrogens with zero attached hydrogens (tertiary/aromatic N) is 1. The number of carbonyl (C=O) groups excluding carboxylic acids is 1. The third-order valence-electron chi connectivity index (χ3n) is 4.02. The SMILES string of the molecule is O=C(Nc1ccc(F)cc1F)c1ccc(Nc2ccc3c(c2)OCCO3)nc1. The molecular weight excluding hydrogens is 368 g/mol. The summed E-state index contributed by atoms with van der Waals surface area (Å²) in [5.74, 6) is -0.270. The van der Waals surface area contributed by atoms with E-state index in [0.717, 1.165) is 17.8 Å². The summed E-state index contributed by atoms with van der Waals surface area (Å²) >= 11 is 0. The molecule has 0 unspecified atom stereocenters. The van der Waals surface area contributed by atoms with Crippen LogP contribution in [0.15, 0.2) is 54.7 Å². The number of rotatable bonds is 4. The zero-order valence-corrected chi connectivity index (χ0v) is 14.5. The average molecular weight is 383 g/mol. The molecule has 1 amide bonds. The number of nitrogens with one attached hydrogen (secondary N) is 2. The zero-order chi connectivity index (χ0) is 19.5. The Balaban J connectivity index is 1.44. The van der Waals surface area contributed by atoms with E-state index in [1.165, 1.54) is 6.20 Å². The largest absolute Gasteiger partial charge is 0.486 e. The standard InChI is InChI=1S/C20H15F2N3O3/c21-13-2-4-16(15(22)9-13)25-20(26)12-1-6-19(23-11-12)24-14-3-5-17-18(10-14)28-8-7-27-17/h1-6,9-11H,7-8H2,(H,23,24)(H,25,26). The Morgan fingerprint density at radius 3 is 2.54 bits per heavy atom. The van der Waals surface area contributed by atoms with Crippen molar-refractivity contribution in [3.8, 4) is 11.5 Å². The van der Waals surface area contributed by atoms with Crippen molar-refractivity contribution in [2.24, 2.45) is 0 Å². The molecule has 0 aliphatic carbocycles. The molecule has 0 spiro atoms. The molecule has 3 aromatic rings. The second kappa shape index (κ2) is 7.51. The number of halogens is 2. The summed E-state index contributed by atoms with van der Waals surface area (Å²) in [5, 5.41) is 5.49. The molecule has 0 saturated heterocycles. The first kappa shape index (κ1) is 17.7. The molecule has 28 heavy (non-hydrogen) atoms. The van der Waals surface area contributed by atoms with Crippen LogP contribution in [-0.4, -0.2) is 24.1 Å². The van der Waals surface area contributed by atoms with Crippen LogP contribution < -0.4 is 20.1 Å². The molecule has 1 aliphatic rings. The van der Waals surface area contributed by atoms with E-state index in [0.29, 0.717) is 36.6 Å². The van der Waals surface area contributed by atoms with Gasteiger partial charge in [-0.2, -0.15) is 0 Å². The number of amides is 1. The summed E-state index contributed by atoms with van der Waals surface area (Å²) in [6.07, 6.45) is 1.36. The first-order chi connectivity index (χ1) is 13.6. The quantitative estimate of drug-likeness (QED) is 0.709. The van der Waals surface area contributed by atoms with Crippen molar-refractivity contribution in [1.82, 2.24) is 4.98 Å². The molecule has 6 nitrogen and oxygen atoms in total. The van der Waals surface area contributed by atoms with E-state index in [-0.39, 0.29) is 11.3 Å². The van der Waals surface area contributed by atoms with Gasteiger partial charge in [-0.05, 0) is 36.4 Å². The van der Waals surface area contributed by atoms with E-state index in [1.807, 2.05) is 6.07 Å². The van der Waals surface area contributed by atoms with Crippen molar-refractivity contribution in [3.63, 3.8) is 0 Å². The summed E-state index contributed by atoms with van der Waals surface area (Å²) in [4.78, 5) is 16.4. The van der Waals surface area contributed by atoms with Gasteiger partial charge in [0, 0.05) is 24.0 Å². The van der Waals surface area contributed by atoms with E-state index >= 15 is 0 Å². The zero-order valence-electron chi connectivity index (χ0n) is 14.5. The molecule has 142 valence electrons. The van der Waals surface area contributed by atoms with E-state index in [2.05, 4.69) is 15.6 Å². The van der Waals surface area contributed by atoms with Gasteiger partial charge in [-0.15, -0.1) is 0 Å². The molecule has 2 aromatic carbocycles. The van der Waals surface area contributed by atoms with E-state index < -0.39 is 17.5 Å². The highest BCUT2D eigenvalue weighted by molar-refractivity contribution is 6.04. The number of ether oxygens (including phenoxy) is 2. The van der Waals surface area contributed by atoms with Crippen molar-refractivity contribution >= 4 is 23.1 Å². The van der Waals surface area contributed by atoms with Crippen LogP contribution in [-0.2, 0) is 0 Å². The Hall–Kier alpha value is -3.68. The van der Waals surface area contributed by atoms with Gasteiger partial charge < -0.3 is 20.1 Å². The van der Waals surface area contributed by atoms with Crippen LogP contribution in [0.3, 0.4) is 0 Å². The number of pyridine rings is 1. The third kappa shape index (κ3) is 3.85. The smallest absolute Gasteiger partial charge is 0.257 e. The van der Waals surface area contributed by atoms with Crippen LogP contribution >= 0.6 is 0 Å². The van der Waals surface area contributed by atoms with E-state index in [4.69, 9.17) is 9.47 Å². The molecule has 0 fully saturated rings. The maximum absolute atomic E-state index is 13.7. The highest BCUT2D eigenvalue weighted by atomic mass is 19.1. The molecule has 8 heteroatoms. The monoisotopic (exact) mass is 383 g/mol. The second-order valence-corrected chi connectivity index (χ2v) is 5.99. The summed E-state index contributed by atoms with van der Waals surface area (Å²) in [5.41, 5.74) is 0.878. The minimum absolute atomic E-state index is 0.107. The first-order valence-electron chi connectivity index (χ1n) is 8.47. The minimum Gasteiger partial charge on any atom is -0.486 e. The third-order valence-corrected chi connectivity index (χ3v) is 4.02. The molecule has 2 heterocycles. The van der Waals surface area contributed by atoms with Gasteiger partial charge >= 0.3 is 0 Å². The van der Waals surface area contributed by atoms with Crippen molar-refractivity contribution in [2.75, 3.05) is 23.8 Å².